The molecule has 2 saturated heterocycles. The fourth-order valence-electron chi connectivity index (χ4n) is 6.30. The third kappa shape index (κ3) is 4.27. The molecular weight excluding hydrogens is 497 g/mol. The van der Waals surface area contributed by atoms with Crippen LogP contribution < -0.4 is 4.74 Å². The summed E-state index contributed by atoms with van der Waals surface area (Å²) in [5.74, 6) is -0.368. The van der Waals surface area contributed by atoms with Crippen LogP contribution in [0.25, 0.3) is 5.65 Å². The number of piperidine rings is 1. The molecule has 196 valence electrons. The topological polar surface area (TPSA) is 83.2 Å². The van der Waals surface area contributed by atoms with Crippen LogP contribution in [0.4, 0.5) is 4.39 Å². The van der Waals surface area contributed by atoms with Gasteiger partial charge in [0.25, 0.3) is 5.91 Å². The van der Waals surface area contributed by atoms with E-state index in [1.54, 1.807) is 9.42 Å². The standard InChI is InChI=1S/C27H31ClFN5O3/c1-14(35)11-33-18-5-6-19(33)10-20(9-18)37-24-8-17(29)4-7-21(24)27(36)32-12-22-23(13-32)31-34-16(3)25(28)15(2)30-26(22)34/h4,7-8,14,18-20,35H,5-6,9-13H2,1-3H3/t14?,18-,19+,20+. The minimum absolute atomic E-state index is 0.101. The van der Waals surface area contributed by atoms with Crippen molar-refractivity contribution >= 4 is 23.2 Å². The van der Waals surface area contributed by atoms with Gasteiger partial charge in [-0.1, -0.05) is 11.6 Å². The molecule has 0 radical (unpaired) electrons. The van der Waals surface area contributed by atoms with E-state index in [2.05, 4.69) is 15.0 Å². The lowest BCUT2D eigenvalue weighted by Gasteiger charge is -2.39. The van der Waals surface area contributed by atoms with Crippen molar-refractivity contribution in [2.45, 2.75) is 83.8 Å². The van der Waals surface area contributed by atoms with Gasteiger partial charge < -0.3 is 14.7 Å². The van der Waals surface area contributed by atoms with E-state index in [-0.39, 0.29) is 23.9 Å². The van der Waals surface area contributed by atoms with Gasteiger partial charge in [-0.2, -0.15) is 5.10 Å². The average molecular weight is 528 g/mol. The van der Waals surface area contributed by atoms with Crippen LogP contribution in [0.15, 0.2) is 18.2 Å². The van der Waals surface area contributed by atoms with Gasteiger partial charge in [0.2, 0.25) is 0 Å². The van der Waals surface area contributed by atoms with Gasteiger partial charge in [-0.05, 0) is 58.6 Å². The van der Waals surface area contributed by atoms with Gasteiger partial charge in [-0.15, -0.1) is 0 Å². The number of aromatic nitrogens is 3. The van der Waals surface area contributed by atoms with Gasteiger partial charge in [-0.25, -0.2) is 13.9 Å². The molecule has 3 aromatic rings. The number of hydrogen-bond donors (Lipinski definition) is 1. The maximum atomic E-state index is 14.3. The number of aliphatic hydroxyl groups excluding tert-OH is 1. The van der Waals surface area contributed by atoms with Gasteiger partial charge in [0.1, 0.15) is 17.7 Å². The molecule has 3 aliphatic heterocycles. The molecule has 1 aromatic carbocycles. The minimum Gasteiger partial charge on any atom is -0.489 e. The van der Waals surface area contributed by atoms with Crippen LogP contribution in [0.1, 0.15) is 65.6 Å². The van der Waals surface area contributed by atoms with Crippen molar-refractivity contribution < 1.29 is 19.0 Å². The van der Waals surface area contributed by atoms with E-state index >= 15 is 0 Å². The van der Waals surface area contributed by atoms with Gasteiger partial charge in [0, 0.05) is 30.3 Å². The number of hydrogen-bond acceptors (Lipinski definition) is 6. The zero-order valence-electron chi connectivity index (χ0n) is 21.2. The van der Waals surface area contributed by atoms with Crippen LogP contribution in [0.2, 0.25) is 5.02 Å². The highest BCUT2D eigenvalue weighted by atomic mass is 35.5. The van der Waals surface area contributed by atoms with Crippen molar-refractivity contribution in [1.29, 1.82) is 0 Å². The highest BCUT2D eigenvalue weighted by Gasteiger charge is 2.42. The van der Waals surface area contributed by atoms with E-state index < -0.39 is 5.82 Å². The molecule has 1 amide bonds. The molecule has 2 aromatic heterocycles. The van der Waals surface area contributed by atoms with Crippen molar-refractivity contribution in [3.63, 3.8) is 0 Å². The summed E-state index contributed by atoms with van der Waals surface area (Å²) in [5, 5.41) is 15.1. The van der Waals surface area contributed by atoms with E-state index in [0.29, 0.717) is 48.0 Å². The first-order chi connectivity index (χ1) is 17.7. The Morgan fingerprint density at radius 1 is 1.24 bits per heavy atom. The Morgan fingerprint density at radius 2 is 1.97 bits per heavy atom. The van der Waals surface area contributed by atoms with Crippen molar-refractivity contribution in [3.8, 4) is 5.75 Å². The molecule has 0 spiro atoms. The number of carbonyl (C=O) groups is 1. The number of nitrogens with zero attached hydrogens (tertiary/aromatic N) is 5. The largest absolute Gasteiger partial charge is 0.489 e. The second-order valence-corrected chi connectivity index (χ2v) is 11.1. The number of fused-ring (bicyclic) bond motifs is 5. The van der Waals surface area contributed by atoms with Crippen LogP contribution in [-0.4, -0.2) is 66.2 Å². The number of amides is 1. The first-order valence-corrected chi connectivity index (χ1v) is 13.3. The summed E-state index contributed by atoms with van der Waals surface area (Å²) in [5.41, 5.74) is 4.30. The quantitative estimate of drug-likeness (QED) is 0.539. The van der Waals surface area contributed by atoms with Crippen LogP contribution in [0.5, 0.6) is 5.75 Å². The number of halogens is 2. The molecule has 2 fully saturated rings. The number of carbonyl (C=O) groups excluding carboxylic acids is 1. The smallest absolute Gasteiger partial charge is 0.258 e. The zero-order valence-corrected chi connectivity index (χ0v) is 22.0. The molecule has 3 aliphatic rings. The molecule has 8 nitrogen and oxygen atoms in total. The number of rotatable bonds is 5. The zero-order chi connectivity index (χ0) is 26.0. The van der Waals surface area contributed by atoms with Crippen LogP contribution in [-0.2, 0) is 13.1 Å². The predicted octanol–water partition coefficient (Wildman–Crippen LogP) is 4.05. The monoisotopic (exact) mass is 527 g/mol. The summed E-state index contributed by atoms with van der Waals surface area (Å²) in [6, 6.07) is 4.81. The summed E-state index contributed by atoms with van der Waals surface area (Å²) in [7, 11) is 0. The Labute approximate surface area is 220 Å². The predicted molar refractivity (Wildman–Crippen MR) is 136 cm³/mol. The summed E-state index contributed by atoms with van der Waals surface area (Å²) in [4.78, 5) is 22.3. The van der Waals surface area contributed by atoms with E-state index in [1.807, 2.05) is 20.8 Å². The fraction of sp³-hybridized carbons (Fsp3) is 0.519. The van der Waals surface area contributed by atoms with E-state index in [4.69, 9.17) is 16.3 Å². The van der Waals surface area contributed by atoms with Crippen LogP contribution >= 0.6 is 11.6 Å². The van der Waals surface area contributed by atoms with Gasteiger partial charge in [-0.3, -0.25) is 9.69 Å². The summed E-state index contributed by atoms with van der Waals surface area (Å²) in [6.45, 7) is 6.93. The summed E-state index contributed by atoms with van der Waals surface area (Å²) >= 11 is 6.35. The normalized spacial score (nSPS) is 24.1. The third-order valence-electron chi connectivity index (χ3n) is 8.03. The SMILES string of the molecule is Cc1nc2c3c(nn2c(C)c1Cl)CN(C(=O)c1ccc(F)cc1O[C@H]1C[C@H]2CC[C@@H](C1)N2CC(C)O)C3. The third-order valence-corrected chi connectivity index (χ3v) is 8.57. The first-order valence-electron chi connectivity index (χ1n) is 12.9. The first kappa shape index (κ1) is 24.6. The Morgan fingerprint density at radius 3 is 2.68 bits per heavy atom. The Balaban J connectivity index is 1.22. The van der Waals surface area contributed by atoms with Crippen molar-refractivity contribution in [1.82, 2.24) is 24.4 Å². The number of aliphatic hydroxyl groups is 1. The molecule has 0 saturated carbocycles. The molecule has 6 rings (SSSR count). The van der Waals surface area contributed by atoms with Gasteiger partial charge in [0.05, 0.1) is 46.9 Å². The molecule has 0 aliphatic carbocycles. The molecule has 10 heteroatoms. The fourth-order valence-corrected chi connectivity index (χ4v) is 6.42. The molecule has 4 atom stereocenters. The molecule has 2 bridgehead atoms. The Hall–Kier alpha value is -2.75. The number of aryl methyl sites for hydroxylation is 2. The highest BCUT2D eigenvalue weighted by molar-refractivity contribution is 6.31. The molecule has 1 unspecified atom stereocenters. The van der Waals surface area contributed by atoms with E-state index in [1.165, 1.54) is 18.2 Å². The number of ether oxygens (including phenoxy) is 1. The van der Waals surface area contributed by atoms with E-state index in [9.17, 15) is 14.3 Å². The Kier molecular flexibility index (Phi) is 6.12. The van der Waals surface area contributed by atoms with Gasteiger partial charge >= 0.3 is 0 Å². The van der Waals surface area contributed by atoms with Crippen LogP contribution in [0, 0.1) is 19.7 Å². The average Bonchev–Trinajstić information content (AvgIpc) is 3.47. The van der Waals surface area contributed by atoms with Crippen molar-refractivity contribution in [3.05, 3.63) is 57.2 Å². The maximum absolute atomic E-state index is 14.3. The maximum Gasteiger partial charge on any atom is 0.258 e. The van der Waals surface area contributed by atoms with Crippen molar-refractivity contribution in [2.24, 2.45) is 0 Å². The highest BCUT2D eigenvalue weighted by Crippen LogP contribution is 2.38. The van der Waals surface area contributed by atoms with E-state index in [0.717, 1.165) is 48.3 Å². The molecule has 5 heterocycles. The summed E-state index contributed by atoms with van der Waals surface area (Å²) < 4.78 is 22.4. The summed E-state index contributed by atoms with van der Waals surface area (Å²) in [6.07, 6.45) is 3.26. The molecular formula is C27H31ClFN5O3. The van der Waals surface area contributed by atoms with Gasteiger partial charge in [0.15, 0.2) is 5.65 Å². The molecule has 37 heavy (non-hydrogen) atoms. The van der Waals surface area contributed by atoms with Crippen molar-refractivity contribution in [2.75, 3.05) is 6.54 Å². The lowest BCUT2D eigenvalue weighted by Crippen LogP contribution is -2.48. The lowest BCUT2D eigenvalue weighted by molar-refractivity contribution is 0.0214. The second-order valence-electron chi connectivity index (χ2n) is 10.7. The molecule has 1 N–H and O–H groups in total. The van der Waals surface area contributed by atoms with Crippen LogP contribution in [0.3, 0.4) is 0 Å². The number of benzene rings is 1. The second kappa shape index (κ2) is 9.22. The Bertz CT molecular complexity index is 1380. The lowest BCUT2D eigenvalue weighted by atomic mass is 9.99. The minimum atomic E-state index is -0.435.